The monoisotopic (exact) mass is 299 g/mol. The lowest BCUT2D eigenvalue weighted by atomic mass is 10.1. The van der Waals surface area contributed by atoms with Crippen molar-refractivity contribution < 1.29 is 14.6 Å². The van der Waals surface area contributed by atoms with Gasteiger partial charge in [-0.25, -0.2) is 0 Å². The van der Waals surface area contributed by atoms with Crippen LogP contribution in [0.1, 0.15) is 45.0 Å². The molecule has 2 heterocycles. The van der Waals surface area contributed by atoms with E-state index < -0.39 is 5.97 Å². The number of hydrogen-bond acceptors (Lipinski definition) is 5. The van der Waals surface area contributed by atoms with E-state index in [1.807, 2.05) is 4.57 Å². The smallest absolute Gasteiger partial charge is 0.313 e. The van der Waals surface area contributed by atoms with Crippen molar-refractivity contribution in [1.29, 1.82) is 0 Å². The highest BCUT2D eigenvalue weighted by Crippen LogP contribution is 2.29. The van der Waals surface area contributed by atoms with Crippen molar-refractivity contribution in [3.63, 3.8) is 0 Å². The van der Waals surface area contributed by atoms with Gasteiger partial charge < -0.3 is 14.4 Å². The fraction of sp³-hybridized carbons (Fsp3) is 0.769. The van der Waals surface area contributed by atoms with Crippen LogP contribution in [0.4, 0.5) is 0 Å². The standard InChI is InChI=1S/C13H21N3O3S/c1-9(2)7-16-12(10-5-3-4-6-19-10)14-15-13(16)20-8-11(17)18/h9-10H,3-8H2,1-2H3,(H,17,18). The number of rotatable bonds is 6. The van der Waals surface area contributed by atoms with Crippen molar-refractivity contribution in [3.8, 4) is 0 Å². The predicted molar refractivity (Wildman–Crippen MR) is 75.8 cm³/mol. The minimum absolute atomic E-state index is 0.00174. The van der Waals surface area contributed by atoms with Crippen molar-refractivity contribution in [2.24, 2.45) is 5.92 Å². The first-order chi connectivity index (χ1) is 9.58. The minimum atomic E-state index is -0.843. The second-order valence-electron chi connectivity index (χ2n) is 5.38. The van der Waals surface area contributed by atoms with Crippen LogP contribution in [0, 0.1) is 5.92 Å². The Bertz CT molecular complexity index is 456. The molecule has 0 radical (unpaired) electrons. The zero-order valence-corrected chi connectivity index (χ0v) is 12.7. The Hall–Kier alpha value is -1.08. The van der Waals surface area contributed by atoms with E-state index in [1.54, 1.807) is 0 Å². The molecule has 0 saturated carbocycles. The van der Waals surface area contributed by atoms with Crippen LogP contribution in [-0.4, -0.2) is 38.2 Å². The normalized spacial score (nSPS) is 19.4. The highest BCUT2D eigenvalue weighted by atomic mass is 32.2. The summed E-state index contributed by atoms with van der Waals surface area (Å²) < 4.78 is 7.80. The molecule has 2 rings (SSSR count). The summed E-state index contributed by atoms with van der Waals surface area (Å²) >= 11 is 1.22. The number of carbonyl (C=O) groups is 1. The second-order valence-corrected chi connectivity index (χ2v) is 6.33. The largest absolute Gasteiger partial charge is 0.481 e. The third-order valence-corrected chi connectivity index (χ3v) is 4.04. The van der Waals surface area contributed by atoms with Crippen LogP contribution in [-0.2, 0) is 16.1 Å². The summed E-state index contributed by atoms with van der Waals surface area (Å²) in [7, 11) is 0. The van der Waals surface area contributed by atoms with Crippen LogP contribution in [0.2, 0.25) is 0 Å². The van der Waals surface area contributed by atoms with Crippen LogP contribution in [0.15, 0.2) is 5.16 Å². The van der Waals surface area contributed by atoms with Gasteiger partial charge in [-0.1, -0.05) is 25.6 Å². The Morgan fingerprint density at radius 1 is 1.50 bits per heavy atom. The number of thioether (sulfide) groups is 1. The quantitative estimate of drug-likeness (QED) is 0.812. The maximum absolute atomic E-state index is 10.7. The molecule has 6 nitrogen and oxygen atoms in total. The Morgan fingerprint density at radius 3 is 2.90 bits per heavy atom. The molecule has 1 aromatic heterocycles. The lowest BCUT2D eigenvalue weighted by Crippen LogP contribution is -2.18. The molecule has 20 heavy (non-hydrogen) atoms. The number of hydrogen-bond donors (Lipinski definition) is 1. The van der Waals surface area contributed by atoms with E-state index in [0.29, 0.717) is 11.1 Å². The van der Waals surface area contributed by atoms with Gasteiger partial charge in [-0.05, 0) is 25.2 Å². The van der Waals surface area contributed by atoms with Gasteiger partial charge in [0.05, 0.1) is 5.75 Å². The van der Waals surface area contributed by atoms with Crippen LogP contribution in [0.25, 0.3) is 0 Å². The lowest BCUT2D eigenvalue weighted by Gasteiger charge is -2.23. The molecule has 1 saturated heterocycles. The Morgan fingerprint density at radius 2 is 2.30 bits per heavy atom. The zero-order valence-electron chi connectivity index (χ0n) is 11.9. The van der Waals surface area contributed by atoms with Crippen molar-refractivity contribution >= 4 is 17.7 Å². The Labute approximate surface area is 122 Å². The fourth-order valence-electron chi connectivity index (χ4n) is 2.25. The summed E-state index contributed by atoms with van der Waals surface area (Å²) in [5.41, 5.74) is 0. The molecular formula is C13H21N3O3S. The predicted octanol–water partition coefficient (Wildman–Crippen LogP) is 2.35. The van der Waals surface area contributed by atoms with E-state index in [1.165, 1.54) is 11.8 Å². The average Bonchev–Trinajstić information content (AvgIpc) is 2.79. The topological polar surface area (TPSA) is 77.2 Å². The molecule has 0 aliphatic carbocycles. The highest BCUT2D eigenvalue weighted by molar-refractivity contribution is 7.99. The van der Waals surface area contributed by atoms with Crippen molar-refractivity contribution in [2.75, 3.05) is 12.4 Å². The summed E-state index contributed by atoms with van der Waals surface area (Å²) in [4.78, 5) is 10.7. The number of aliphatic carboxylic acids is 1. The fourth-order valence-corrected chi connectivity index (χ4v) is 2.93. The van der Waals surface area contributed by atoms with E-state index >= 15 is 0 Å². The molecule has 7 heteroatoms. The Kier molecular flexibility index (Phi) is 5.42. The average molecular weight is 299 g/mol. The lowest BCUT2D eigenvalue weighted by molar-refractivity contribution is -0.133. The Balaban J connectivity index is 2.19. The van der Waals surface area contributed by atoms with Gasteiger partial charge in [0.25, 0.3) is 0 Å². The summed E-state index contributed by atoms with van der Waals surface area (Å²) in [6.45, 7) is 5.79. The molecule has 1 fully saturated rings. The minimum Gasteiger partial charge on any atom is -0.481 e. The van der Waals surface area contributed by atoms with Gasteiger partial charge in [0.2, 0.25) is 0 Å². The van der Waals surface area contributed by atoms with Crippen LogP contribution < -0.4 is 0 Å². The van der Waals surface area contributed by atoms with Gasteiger partial charge in [0.15, 0.2) is 11.0 Å². The first kappa shape index (κ1) is 15.3. The van der Waals surface area contributed by atoms with E-state index in [0.717, 1.165) is 38.2 Å². The molecule has 0 amide bonds. The third-order valence-electron chi connectivity index (χ3n) is 3.09. The molecule has 1 atom stereocenters. The van der Waals surface area contributed by atoms with Crippen molar-refractivity contribution in [3.05, 3.63) is 5.82 Å². The molecule has 1 N–H and O–H groups in total. The number of nitrogens with zero attached hydrogens (tertiary/aromatic N) is 3. The number of carboxylic acid groups (broad SMARTS) is 1. The number of carboxylic acids is 1. The van der Waals surface area contributed by atoms with Gasteiger partial charge in [-0.15, -0.1) is 10.2 Å². The van der Waals surface area contributed by atoms with E-state index in [2.05, 4.69) is 24.0 Å². The first-order valence-corrected chi connectivity index (χ1v) is 7.95. The van der Waals surface area contributed by atoms with Gasteiger partial charge in [0, 0.05) is 13.2 Å². The maximum atomic E-state index is 10.7. The number of ether oxygens (including phenoxy) is 1. The third kappa shape index (κ3) is 3.96. The summed E-state index contributed by atoms with van der Waals surface area (Å²) in [6, 6.07) is 0. The number of aromatic nitrogens is 3. The molecule has 1 aliphatic heterocycles. The van der Waals surface area contributed by atoms with E-state index in [-0.39, 0.29) is 11.9 Å². The van der Waals surface area contributed by atoms with Gasteiger partial charge in [-0.2, -0.15) is 0 Å². The van der Waals surface area contributed by atoms with E-state index in [4.69, 9.17) is 9.84 Å². The zero-order chi connectivity index (χ0) is 14.5. The molecule has 0 aromatic carbocycles. The van der Waals surface area contributed by atoms with Gasteiger partial charge in [-0.3, -0.25) is 4.79 Å². The first-order valence-electron chi connectivity index (χ1n) is 6.97. The summed E-state index contributed by atoms with van der Waals surface area (Å²) in [6.07, 6.45) is 3.18. The SMILES string of the molecule is CC(C)Cn1c(SCC(=O)O)nnc1C1CCCCO1. The molecule has 1 unspecified atom stereocenters. The molecule has 1 aliphatic rings. The molecule has 0 spiro atoms. The summed E-state index contributed by atoms with van der Waals surface area (Å²) in [5, 5.41) is 17.9. The van der Waals surface area contributed by atoms with Crippen LogP contribution in [0.5, 0.6) is 0 Å². The highest BCUT2D eigenvalue weighted by Gasteiger charge is 2.24. The molecule has 1 aromatic rings. The second kappa shape index (κ2) is 7.08. The van der Waals surface area contributed by atoms with Crippen molar-refractivity contribution in [2.45, 2.75) is 50.9 Å². The van der Waals surface area contributed by atoms with E-state index in [9.17, 15) is 4.79 Å². The summed E-state index contributed by atoms with van der Waals surface area (Å²) in [5.74, 6) is 0.440. The van der Waals surface area contributed by atoms with Crippen LogP contribution in [0.3, 0.4) is 0 Å². The molecular weight excluding hydrogens is 278 g/mol. The van der Waals surface area contributed by atoms with Crippen LogP contribution >= 0.6 is 11.8 Å². The molecule has 0 bridgehead atoms. The van der Waals surface area contributed by atoms with Crippen molar-refractivity contribution in [1.82, 2.24) is 14.8 Å². The molecule has 112 valence electrons. The maximum Gasteiger partial charge on any atom is 0.313 e. The van der Waals surface area contributed by atoms with Gasteiger partial charge in [0.1, 0.15) is 6.10 Å². The van der Waals surface area contributed by atoms with Gasteiger partial charge >= 0.3 is 5.97 Å².